The maximum atomic E-state index is 12.7. The summed E-state index contributed by atoms with van der Waals surface area (Å²) in [5.74, 6) is 0.422. The van der Waals surface area contributed by atoms with Gasteiger partial charge in [-0.25, -0.2) is 12.7 Å². The lowest BCUT2D eigenvalue weighted by Crippen LogP contribution is -2.50. The predicted octanol–water partition coefficient (Wildman–Crippen LogP) is 1.07. The molecule has 2 fully saturated rings. The molecule has 1 N–H and O–H groups in total. The maximum absolute atomic E-state index is 12.7. The van der Waals surface area contributed by atoms with E-state index in [0.717, 1.165) is 0 Å². The molecule has 1 heterocycles. The quantitative estimate of drug-likeness (QED) is 0.886. The van der Waals surface area contributed by atoms with Gasteiger partial charge in [-0.05, 0) is 30.9 Å². The van der Waals surface area contributed by atoms with Gasteiger partial charge in [-0.1, -0.05) is 0 Å². The van der Waals surface area contributed by atoms with Gasteiger partial charge in [0.15, 0.2) is 4.75 Å². The predicted molar refractivity (Wildman–Crippen MR) is 85.2 cm³/mol. The monoisotopic (exact) mass is 340 g/mol. The summed E-state index contributed by atoms with van der Waals surface area (Å²) >= 11 is 0. The van der Waals surface area contributed by atoms with E-state index in [1.54, 1.807) is 18.2 Å². The minimum absolute atomic E-state index is 0.104. The molecule has 1 aromatic rings. The molecular formula is C15H20N2O5S. The lowest BCUT2D eigenvalue weighted by Gasteiger charge is -2.29. The van der Waals surface area contributed by atoms with Crippen LogP contribution in [0, 0.1) is 5.92 Å². The number of nitrogens with one attached hydrogen (secondary N) is 1. The van der Waals surface area contributed by atoms with Crippen molar-refractivity contribution >= 4 is 21.6 Å². The highest BCUT2D eigenvalue weighted by atomic mass is 32.2. The van der Waals surface area contributed by atoms with Crippen LogP contribution in [0.5, 0.6) is 11.5 Å². The van der Waals surface area contributed by atoms with Gasteiger partial charge in [0.05, 0.1) is 19.9 Å². The lowest BCUT2D eigenvalue weighted by molar-refractivity contribution is -0.117. The van der Waals surface area contributed by atoms with Gasteiger partial charge in [0, 0.05) is 19.7 Å². The number of amides is 1. The normalized spacial score (nSPS) is 28.6. The molecule has 2 atom stereocenters. The van der Waals surface area contributed by atoms with Gasteiger partial charge in [-0.15, -0.1) is 0 Å². The summed E-state index contributed by atoms with van der Waals surface area (Å²) in [4.78, 5) is 12.7. The number of nitrogens with zero attached hydrogens (tertiary/aromatic N) is 1. The largest absolute Gasteiger partial charge is 0.497 e. The summed E-state index contributed by atoms with van der Waals surface area (Å²) in [6, 6.07) is 4.96. The molecule has 1 aliphatic carbocycles. The molecule has 1 aliphatic heterocycles. The molecule has 0 radical (unpaired) electrons. The first-order valence-corrected chi connectivity index (χ1v) is 8.80. The fourth-order valence-electron chi connectivity index (χ4n) is 3.22. The molecule has 1 aromatic carbocycles. The number of fused-ring (bicyclic) bond motifs is 1. The van der Waals surface area contributed by atoms with Crippen molar-refractivity contribution in [3.8, 4) is 11.5 Å². The number of anilines is 1. The zero-order valence-corrected chi connectivity index (χ0v) is 14.1. The van der Waals surface area contributed by atoms with Crippen molar-refractivity contribution in [1.29, 1.82) is 0 Å². The van der Waals surface area contributed by atoms with Crippen LogP contribution in [0.4, 0.5) is 5.69 Å². The second kappa shape index (κ2) is 5.38. The number of ether oxygens (including phenoxy) is 2. The van der Waals surface area contributed by atoms with E-state index in [2.05, 4.69) is 5.32 Å². The zero-order valence-electron chi connectivity index (χ0n) is 13.3. The van der Waals surface area contributed by atoms with Crippen molar-refractivity contribution in [2.45, 2.75) is 17.6 Å². The number of sulfonamides is 1. The SMILES string of the molecule is COc1ccc(NC(=O)[C@]23C[C@H]2CCN(C)S3(=O)=O)c(OC)c1. The first-order valence-electron chi connectivity index (χ1n) is 7.36. The lowest BCUT2D eigenvalue weighted by atomic mass is 10.2. The van der Waals surface area contributed by atoms with E-state index < -0.39 is 20.7 Å². The van der Waals surface area contributed by atoms with Crippen LogP contribution in [0.25, 0.3) is 0 Å². The van der Waals surface area contributed by atoms with E-state index in [1.807, 2.05) is 0 Å². The fraction of sp³-hybridized carbons (Fsp3) is 0.533. The van der Waals surface area contributed by atoms with E-state index >= 15 is 0 Å². The number of methoxy groups -OCH3 is 2. The van der Waals surface area contributed by atoms with E-state index in [-0.39, 0.29) is 5.92 Å². The van der Waals surface area contributed by atoms with E-state index in [0.29, 0.717) is 36.6 Å². The Morgan fingerprint density at radius 2 is 2.09 bits per heavy atom. The first-order chi connectivity index (χ1) is 10.9. The molecule has 0 aromatic heterocycles. The summed E-state index contributed by atoms with van der Waals surface area (Å²) in [7, 11) is 0.910. The minimum Gasteiger partial charge on any atom is -0.497 e. The molecule has 1 saturated heterocycles. The molecule has 0 unspecified atom stereocenters. The number of hydrogen-bond acceptors (Lipinski definition) is 5. The molecule has 2 aliphatic rings. The third-order valence-electron chi connectivity index (χ3n) is 4.75. The number of carbonyl (C=O) groups excluding carboxylic acids is 1. The number of benzene rings is 1. The Bertz CT molecular complexity index is 748. The summed E-state index contributed by atoms with van der Waals surface area (Å²) < 4.78 is 35.5. The molecule has 7 nitrogen and oxygen atoms in total. The Hall–Kier alpha value is -1.80. The van der Waals surface area contributed by atoms with E-state index in [4.69, 9.17) is 9.47 Å². The van der Waals surface area contributed by atoms with Crippen LogP contribution < -0.4 is 14.8 Å². The zero-order chi connectivity index (χ0) is 16.8. The Morgan fingerprint density at radius 3 is 2.74 bits per heavy atom. The summed E-state index contributed by atoms with van der Waals surface area (Å²) in [6.07, 6.45) is 1.09. The maximum Gasteiger partial charge on any atom is 0.247 e. The second-order valence-electron chi connectivity index (χ2n) is 5.93. The van der Waals surface area contributed by atoms with Gasteiger partial charge in [0.2, 0.25) is 15.9 Å². The molecule has 23 heavy (non-hydrogen) atoms. The van der Waals surface area contributed by atoms with Crippen molar-refractivity contribution in [2.24, 2.45) is 5.92 Å². The minimum atomic E-state index is -3.62. The highest BCUT2D eigenvalue weighted by Crippen LogP contribution is 2.56. The molecule has 1 amide bonds. The second-order valence-corrected chi connectivity index (χ2v) is 8.23. The molecule has 8 heteroatoms. The van der Waals surface area contributed by atoms with Crippen molar-refractivity contribution in [3.63, 3.8) is 0 Å². The van der Waals surface area contributed by atoms with Crippen molar-refractivity contribution in [1.82, 2.24) is 4.31 Å². The summed E-state index contributed by atoms with van der Waals surface area (Å²) in [5.41, 5.74) is 0.432. The fourth-order valence-corrected chi connectivity index (χ4v) is 5.36. The molecule has 0 bridgehead atoms. The van der Waals surface area contributed by atoms with E-state index in [1.165, 1.54) is 25.6 Å². The molecule has 3 rings (SSSR count). The van der Waals surface area contributed by atoms with Gasteiger partial charge in [-0.3, -0.25) is 4.79 Å². The van der Waals surface area contributed by atoms with Crippen LogP contribution in [-0.2, 0) is 14.8 Å². The van der Waals surface area contributed by atoms with Gasteiger partial charge in [0.25, 0.3) is 0 Å². The molecular weight excluding hydrogens is 320 g/mol. The average Bonchev–Trinajstić information content (AvgIpc) is 3.29. The van der Waals surface area contributed by atoms with E-state index in [9.17, 15) is 13.2 Å². The van der Waals surface area contributed by atoms with Crippen LogP contribution in [-0.4, -0.2) is 51.2 Å². The topological polar surface area (TPSA) is 84.9 Å². The smallest absolute Gasteiger partial charge is 0.247 e. The Morgan fingerprint density at radius 1 is 1.35 bits per heavy atom. The average molecular weight is 340 g/mol. The molecule has 126 valence electrons. The highest BCUT2D eigenvalue weighted by molar-refractivity contribution is 7.91. The Labute approximate surface area is 135 Å². The van der Waals surface area contributed by atoms with Crippen molar-refractivity contribution in [2.75, 3.05) is 33.1 Å². The Kier molecular flexibility index (Phi) is 3.76. The molecule has 0 spiro atoms. The third kappa shape index (κ3) is 2.28. The van der Waals surface area contributed by atoms with Crippen LogP contribution in [0.1, 0.15) is 12.8 Å². The third-order valence-corrected chi connectivity index (χ3v) is 7.36. The Balaban J connectivity index is 1.89. The number of carbonyl (C=O) groups is 1. The highest BCUT2D eigenvalue weighted by Gasteiger charge is 2.71. The van der Waals surface area contributed by atoms with Gasteiger partial charge in [0.1, 0.15) is 11.5 Å². The van der Waals surface area contributed by atoms with Crippen LogP contribution in [0.3, 0.4) is 0 Å². The van der Waals surface area contributed by atoms with Gasteiger partial charge >= 0.3 is 0 Å². The van der Waals surface area contributed by atoms with Crippen molar-refractivity contribution in [3.05, 3.63) is 18.2 Å². The van der Waals surface area contributed by atoms with Crippen LogP contribution in [0.15, 0.2) is 18.2 Å². The molecule has 1 saturated carbocycles. The number of rotatable bonds is 4. The van der Waals surface area contributed by atoms with Crippen LogP contribution >= 0.6 is 0 Å². The summed E-state index contributed by atoms with van der Waals surface area (Å²) in [6.45, 7) is 0.466. The van der Waals surface area contributed by atoms with Gasteiger partial charge in [-0.2, -0.15) is 0 Å². The van der Waals surface area contributed by atoms with Crippen molar-refractivity contribution < 1.29 is 22.7 Å². The number of hydrogen-bond donors (Lipinski definition) is 1. The first kappa shape index (κ1) is 16.1. The summed E-state index contributed by atoms with van der Waals surface area (Å²) in [5, 5.41) is 2.72. The standard InChI is InChI=1S/C15H20N2O5S/c1-17-7-6-10-9-15(10,23(17,19)20)14(18)16-12-5-4-11(21-2)8-13(12)22-3/h4-5,8,10H,6-7,9H2,1-3H3,(H,16,18)/t10-,15+/m1/s1. The van der Waals surface area contributed by atoms with Crippen LogP contribution in [0.2, 0.25) is 0 Å². The van der Waals surface area contributed by atoms with Gasteiger partial charge < -0.3 is 14.8 Å².